The van der Waals surface area contributed by atoms with Gasteiger partial charge in [-0.15, -0.1) is 5.10 Å². The summed E-state index contributed by atoms with van der Waals surface area (Å²) in [7, 11) is 0. The second kappa shape index (κ2) is 7.48. The highest BCUT2D eigenvalue weighted by atomic mass is 16.5. The second-order valence-corrected chi connectivity index (χ2v) is 5.11. The Hall–Kier alpha value is -0.940. The zero-order chi connectivity index (χ0) is 12.6. The molecule has 0 saturated heterocycles. The molecule has 18 heavy (non-hydrogen) atoms. The SMILES string of the molecule is NCc1cn(CCOCC2CCCCCC2)nn1. The standard InChI is InChI=1S/C13H24N4O/c14-9-13-10-17(16-15-13)7-8-18-11-12-5-3-1-2-4-6-12/h10,12H,1-9,11,14H2. The fraction of sp³-hybridized carbons (Fsp3) is 0.846. The molecule has 1 aromatic heterocycles. The highest BCUT2D eigenvalue weighted by Gasteiger charge is 2.12. The van der Waals surface area contributed by atoms with Crippen LogP contribution in [-0.2, 0) is 17.8 Å². The van der Waals surface area contributed by atoms with Crippen LogP contribution in [0, 0.1) is 5.92 Å². The van der Waals surface area contributed by atoms with E-state index in [1.54, 1.807) is 4.68 Å². The Kier molecular flexibility index (Phi) is 5.61. The number of hydrogen-bond donors (Lipinski definition) is 1. The van der Waals surface area contributed by atoms with Crippen molar-refractivity contribution in [1.82, 2.24) is 15.0 Å². The molecule has 1 saturated carbocycles. The van der Waals surface area contributed by atoms with Crippen molar-refractivity contribution in [3.63, 3.8) is 0 Å². The van der Waals surface area contributed by atoms with Gasteiger partial charge in [-0.1, -0.05) is 30.9 Å². The summed E-state index contributed by atoms with van der Waals surface area (Å²) in [5, 5.41) is 7.94. The van der Waals surface area contributed by atoms with Crippen molar-refractivity contribution in [3.8, 4) is 0 Å². The molecule has 1 aliphatic carbocycles. The third-order valence-electron chi connectivity index (χ3n) is 3.59. The Morgan fingerprint density at radius 2 is 2.06 bits per heavy atom. The molecular formula is C13H24N4O. The first kappa shape index (κ1) is 13.5. The highest BCUT2D eigenvalue weighted by molar-refractivity contribution is 4.90. The molecule has 0 amide bonds. The van der Waals surface area contributed by atoms with Crippen molar-refractivity contribution in [3.05, 3.63) is 11.9 Å². The molecule has 5 nitrogen and oxygen atoms in total. The molecule has 0 aromatic carbocycles. The topological polar surface area (TPSA) is 66.0 Å². The van der Waals surface area contributed by atoms with Crippen molar-refractivity contribution >= 4 is 0 Å². The summed E-state index contributed by atoms with van der Waals surface area (Å²) < 4.78 is 7.56. The van der Waals surface area contributed by atoms with Crippen LogP contribution in [0.3, 0.4) is 0 Å². The van der Waals surface area contributed by atoms with Crippen LogP contribution in [-0.4, -0.2) is 28.2 Å². The van der Waals surface area contributed by atoms with Crippen LogP contribution in [0.15, 0.2) is 6.20 Å². The molecule has 2 rings (SSSR count). The molecule has 0 aliphatic heterocycles. The largest absolute Gasteiger partial charge is 0.379 e. The van der Waals surface area contributed by atoms with Crippen LogP contribution in [0.25, 0.3) is 0 Å². The van der Waals surface area contributed by atoms with Crippen LogP contribution in [0.5, 0.6) is 0 Å². The molecule has 0 radical (unpaired) electrons. The lowest BCUT2D eigenvalue weighted by atomic mass is 10.0. The fourth-order valence-electron chi connectivity index (χ4n) is 2.48. The van der Waals surface area contributed by atoms with E-state index in [-0.39, 0.29) is 0 Å². The zero-order valence-electron chi connectivity index (χ0n) is 11.1. The van der Waals surface area contributed by atoms with Gasteiger partial charge in [0.25, 0.3) is 0 Å². The van der Waals surface area contributed by atoms with Gasteiger partial charge in [0.15, 0.2) is 0 Å². The fourth-order valence-corrected chi connectivity index (χ4v) is 2.48. The Morgan fingerprint density at radius 1 is 1.28 bits per heavy atom. The third-order valence-corrected chi connectivity index (χ3v) is 3.59. The van der Waals surface area contributed by atoms with E-state index in [0.717, 1.165) is 24.8 Å². The first-order chi connectivity index (χ1) is 8.88. The maximum absolute atomic E-state index is 5.76. The summed E-state index contributed by atoms with van der Waals surface area (Å²) >= 11 is 0. The minimum atomic E-state index is 0.447. The normalized spacial score (nSPS) is 17.8. The van der Waals surface area contributed by atoms with Gasteiger partial charge in [0.05, 0.1) is 18.8 Å². The van der Waals surface area contributed by atoms with Crippen molar-refractivity contribution in [2.45, 2.75) is 51.6 Å². The zero-order valence-corrected chi connectivity index (χ0v) is 11.1. The summed E-state index contributed by atoms with van der Waals surface area (Å²) in [6, 6.07) is 0. The monoisotopic (exact) mass is 252 g/mol. The molecule has 0 unspecified atom stereocenters. The Balaban J connectivity index is 1.60. The quantitative estimate of drug-likeness (QED) is 0.618. The van der Waals surface area contributed by atoms with Crippen molar-refractivity contribution in [1.29, 1.82) is 0 Å². The molecule has 1 fully saturated rings. The van der Waals surface area contributed by atoms with E-state index >= 15 is 0 Å². The van der Waals surface area contributed by atoms with Crippen LogP contribution in [0.4, 0.5) is 0 Å². The molecular weight excluding hydrogens is 228 g/mol. The van der Waals surface area contributed by atoms with E-state index in [1.165, 1.54) is 38.5 Å². The maximum Gasteiger partial charge on any atom is 0.0962 e. The number of nitrogens with zero attached hydrogens (tertiary/aromatic N) is 3. The van der Waals surface area contributed by atoms with Crippen LogP contribution in [0.2, 0.25) is 0 Å². The molecule has 0 bridgehead atoms. The summed E-state index contributed by atoms with van der Waals surface area (Å²) in [4.78, 5) is 0. The molecule has 2 N–H and O–H groups in total. The van der Waals surface area contributed by atoms with E-state index in [4.69, 9.17) is 10.5 Å². The average molecular weight is 252 g/mol. The molecule has 0 spiro atoms. The minimum Gasteiger partial charge on any atom is -0.379 e. The molecule has 5 heteroatoms. The van der Waals surface area contributed by atoms with E-state index in [0.29, 0.717) is 13.2 Å². The average Bonchev–Trinajstić information content (AvgIpc) is 2.70. The maximum atomic E-state index is 5.76. The lowest BCUT2D eigenvalue weighted by Crippen LogP contribution is -2.13. The Morgan fingerprint density at radius 3 is 2.72 bits per heavy atom. The van der Waals surface area contributed by atoms with Gasteiger partial charge in [0, 0.05) is 19.3 Å². The summed E-state index contributed by atoms with van der Waals surface area (Å²) in [6.45, 7) is 2.82. The van der Waals surface area contributed by atoms with Crippen LogP contribution >= 0.6 is 0 Å². The lowest BCUT2D eigenvalue weighted by Gasteiger charge is -2.13. The van der Waals surface area contributed by atoms with E-state index in [2.05, 4.69) is 10.3 Å². The Labute approximate surface area is 109 Å². The van der Waals surface area contributed by atoms with E-state index in [1.807, 2.05) is 6.20 Å². The van der Waals surface area contributed by atoms with Gasteiger partial charge in [-0.2, -0.15) is 0 Å². The molecule has 102 valence electrons. The van der Waals surface area contributed by atoms with Crippen LogP contribution < -0.4 is 5.73 Å². The number of aromatic nitrogens is 3. The van der Waals surface area contributed by atoms with Gasteiger partial charge in [-0.05, 0) is 18.8 Å². The van der Waals surface area contributed by atoms with Gasteiger partial charge in [0.2, 0.25) is 0 Å². The summed E-state index contributed by atoms with van der Waals surface area (Å²) in [6.07, 6.45) is 10.1. The van der Waals surface area contributed by atoms with E-state index < -0.39 is 0 Å². The molecule has 1 aromatic rings. The van der Waals surface area contributed by atoms with Crippen molar-refractivity contribution in [2.24, 2.45) is 11.7 Å². The highest BCUT2D eigenvalue weighted by Crippen LogP contribution is 2.22. The van der Waals surface area contributed by atoms with Crippen molar-refractivity contribution < 1.29 is 4.74 Å². The smallest absolute Gasteiger partial charge is 0.0962 e. The first-order valence-electron chi connectivity index (χ1n) is 7.05. The molecule has 1 heterocycles. The van der Waals surface area contributed by atoms with Gasteiger partial charge in [-0.3, -0.25) is 0 Å². The van der Waals surface area contributed by atoms with Gasteiger partial charge >= 0.3 is 0 Å². The second-order valence-electron chi connectivity index (χ2n) is 5.11. The van der Waals surface area contributed by atoms with Gasteiger partial charge < -0.3 is 10.5 Å². The number of nitrogens with two attached hydrogens (primary N) is 1. The number of rotatable bonds is 6. The lowest BCUT2D eigenvalue weighted by molar-refractivity contribution is 0.0858. The number of hydrogen-bond acceptors (Lipinski definition) is 4. The third kappa shape index (κ3) is 4.38. The summed E-state index contributed by atoms with van der Waals surface area (Å²) in [5.74, 6) is 0.767. The van der Waals surface area contributed by atoms with E-state index in [9.17, 15) is 0 Å². The van der Waals surface area contributed by atoms with Crippen LogP contribution in [0.1, 0.15) is 44.2 Å². The molecule has 1 aliphatic rings. The molecule has 0 atom stereocenters. The Bertz CT molecular complexity index is 331. The van der Waals surface area contributed by atoms with Crippen molar-refractivity contribution in [2.75, 3.05) is 13.2 Å². The van der Waals surface area contributed by atoms with Gasteiger partial charge in [0.1, 0.15) is 0 Å². The minimum absolute atomic E-state index is 0.447. The predicted octanol–water partition coefficient (Wildman–Crippen LogP) is 1.72. The predicted molar refractivity (Wildman–Crippen MR) is 69.9 cm³/mol. The first-order valence-corrected chi connectivity index (χ1v) is 7.05. The summed E-state index contributed by atoms with van der Waals surface area (Å²) in [5.41, 5.74) is 6.32. The number of ether oxygens (including phenoxy) is 1. The van der Waals surface area contributed by atoms with Gasteiger partial charge in [-0.25, -0.2) is 4.68 Å².